The summed E-state index contributed by atoms with van der Waals surface area (Å²) in [5.41, 5.74) is 0.382. The van der Waals surface area contributed by atoms with Crippen LogP contribution < -0.4 is 10.1 Å². The second-order valence-electron chi connectivity index (χ2n) is 6.68. The van der Waals surface area contributed by atoms with Gasteiger partial charge in [-0.25, -0.2) is 0 Å². The van der Waals surface area contributed by atoms with E-state index in [0.29, 0.717) is 11.5 Å². The van der Waals surface area contributed by atoms with Gasteiger partial charge in [0.15, 0.2) is 0 Å². The van der Waals surface area contributed by atoms with Gasteiger partial charge in [-0.3, -0.25) is 0 Å². The first-order valence-corrected chi connectivity index (χ1v) is 8.60. The molecule has 1 N–H and O–H groups in total. The summed E-state index contributed by atoms with van der Waals surface area (Å²) in [4.78, 5) is 1.27. The van der Waals surface area contributed by atoms with Gasteiger partial charge in [-0.1, -0.05) is 39.8 Å². The number of benzene rings is 1. The van der Waals surface area contributed by atoms with Crippen LogP contribution in [0, 0.1) is 5.41 Å². The average Bonchev–Trinajstić information content (AvgIpc) is 2.42. The molecule has 0 spiro atoms. The van der Waals surface area contributed by atoms with Crippen LogP contribution in [0.1, 0.15) is 40.5 Å². The molecule has 2 unspecified atom stereocenters. The van der Waals surface area contributed by atoms with Gasteiger partial charge in [0.05, 0.1) is 0 Å². The molecule has 0 bridgehead atoms. The Morgan fingerprint density at radius 2 is 2.10 bits per heavy atom. The number of ether oxygens (including phenoxy) is 1. The number of hydrogen-bond acceptors (Lipinski definition) is 3. The highest BCUT2D eigenvalue weighted by atomic mass is 32.2. The zero-order chi connectivity index (χ0) is 14.6. The molecule has 1 aliphatic rings. The van der Waals surface area contributed by atoms with E-state index in [1.165, 1.54) is 17.7 Å². The highest BCUT2D eigenvalue weighted by molar-refractivity contribution is 7.99. The molecule has 0 radical (unpaired) electrons. The van der Waals surface area contributed by atoms with Crippen molar-refractivity contribution in [3.63, 3.8) is 0 Å². The first-order chi connectivity index (χ1) is 9.49. The molecule has 0 fully saturated rings. The zero-order valence-corrected chi connectivity index (χ0v) is 13.9. The Hall–Kier alpha value is -0.670. The van der Waals surface area contributed by atoms with Crippen molar-refractivity contribution < 1.29 is 4.74 Å². The second kappa shape index (κ2) is 6.86. The molecule has 2 nitrogen and oxygen atoms in total. The number of hydrogen-bond donors (Lipinski definition) is 1. The predicted octanol–water partition coefficient (Wildman–Crippen LogP) is 4.34. The van der Waals surface area contributed by atoms with E-state index in [2.05, 4.69) is 57.3 Å². The van der Waals surface area contributed by atoms with Gasteiger partial charge in [-0.05, 0) is 36.9 Å². The van der Waals surface area contributed by atoms with Crippen molar-refractivity contribution in [2.24, 2.45) is 5.41 Å². The van der Waals surface area contributed by atoms with Crippen LogP contribution in [0.15, 0.2) is 29.2 Å². The third-order valence-corrected chi connectivity index (χ3v) is 4.79. The number of rotatable bonds is 5. The van der Waals surface area contributed by atoms with E-state index in [1.54, 1.807) is 0 Å². The second-order valence-corrected chi connectivity index (χ2v) is 7.74. The number of fused-ring (bicyclic) bond motifs is 1. The summed E-state index contributed by atoms with van der Waals surface area (Å²) in [6.07, 6.45) is 2.67. The molecule has 0 saturated heterocycles. The Labute approximate surface area is 127 Å². The summed E-state index contributed by atoms with van der Waals surface area (Å²) in [5.74, 6) is 2.09. The Bertz CT molecular complexity index is 427. The maximum Gasteiger partial charge on any atom is 0.133 e. The first-order valence-electron chi connectivity index (χ1n) is 7.61. The minimum absolute atomic E-state index is 0.275. The van der Waals surface area contributed by atoms with Crippen molar-refractivity contribution in [2.75, 3.05) is 12.3 Å². The normalized spacial score (nSPS) is 20.1. The van der Waals surface area contributed by atoms with E-state index in [9.17, 15) is 0 Å². The summed E-state index contributed by atoms with van der Waals surface area (Å²) >= 11 is 1.92. The number of para-hydroxylation sites is 1. The van der Waals surface area contributed by atoms with Gasteiger partial charge in [0.25, 0.3) is 0 Å². The molecule has 0 saturated carbocycles. The van der Waals surface area contributed by atoms with Crippen LogP contribution >= 0.6 is 11.8 Å². The largest absolute Gasteiger partial charge is 0.487 e. The van der Waals surface area contributed by atoms with Crippen LogP contribution in [0.25, 0.3) is 0 Å². The fourth-order valence-corrected chi connectivity index (χ4v) is 3.58. The van der Waals surface area contributed by atoms with Crippen LogP contribution in [-0.2, 0) is 0 Å². The summed E-state index contributed by atoms with van der Waals surface area (Å²) in [6, 6.07) is 8.81. The van der Waals surface area contributed by atoms with Crippen molar-refractivity contribution in [2.45, 2.75) is 57.6 Å². The lowest BCUT2D eigenvalue weighted by atomic mass is 9.87. The van der Waals surface area contributed by atoms with E-state index in [4.69, 9.17) is 4.74 Å². The van der Waals surface area contributed by atoms with Gasteiger partial charge in [-0.15, -0.1) is 11.8 Å². The van der Waals surface area contributed by atoms with E-state index >= 15 is 0 Å². The van der Waals surface area contributed by atoms with Gasteiger partial charge in [-0.2, -0.15) is 0 Å². The summed E-state index contributed by atoms with van der Waals surface area (Å²) in [6.45, 7) is 10.1. The maximum atomic E-state index is 6.23. The molecule has 1 aromatic rings. The molecule has 0 aliphatic carbocycles. The molecule has 2 atom stereocenters. The molecule has 112 valence electrons. The standard InChI is InChI=1S/C17H27NOS/c1-5-18-13(10-11-17(2,3)4)15-12-20-16-9-7-6-8-14(16)19-15/h6-9,13,15,18H,5,10-12H2,1-4H3. The molecule has 2 rings (SSSR count). The van der Waals surface area contributed by atoms with E-state index < -0.39 is 0 Å². The fraction of sp³-hybridized carbons (Fsp3) is 0.647. The Balaban J connectivity index is 2.00. The highest BCUT2D eigenvalue weighted by Gasteiger charge is 2.28. The van der Waals surface area contributed by atoms with Crippen molar-refractivity contribution in [1.82, 2.24) is 5.32 Å². The number of thioether (sulfide) groups is 1. The molecule has 1 heterocycles. The maximum absolute atomic E-state index is 6.23. The minimum Gasteiger partial charge on any atom is -0.487 e. The Morgan fingerprint density at radius 3 is 2.80 bits per heavy atom. The van der Waals surface area contributed by atoms with Gasteiger partial charge in [0, 0.05) is 16.7 Å². The van der Waals surface area contributed by atoms with E-state index in [1.807, 2.05) is 11.8 Å². The van der Waals surface area contributed by atoms with Crippen LogP contribution in [0.4, 0.5) is 0 Å². The Kier molecular flexibility index (Phi) is 5.39. The quantitative estimate of drug-likeness (QED) is 0.872. The van der Waals surface area contributed by atoms with Gasteiger partial charge in [0.2, 0.25) is 0 Å². The molecule has 1 aliphatic heterocycles. The third kappa shape index (κ3) is 4.42. The smallest absolute Gasteiger partial charge is 0.133 e. The first kappa shape index (κ1) is 15.7. The molecule has 1 aromatic carbocycles. The average molecular weight is 293 g/mol. The highest BCUT2D eigenvalue weighted by Crippen LogP contribution is 2.36. The zero-order valence-electron chi connectivity index (χ0n) is 13.1. The number of likely N-dealkylation sites (N-methyl/N-ethyl adjacent to an activating group) is 1. The molecule has 0 amide bonds. The van der Waals surface area contributed by atoms with Crippen LogP contribution in [0.3, 0.4) is 0 Å². The van der Waals surface area contributed by atoms with Crippen molar-refractivity contribution in [3.05, 3.63) is 24.3 Å². The molecule has 0 aromatic heterocycles. The lowest BCUT2D eigenvalue weighted by Gasteiger charge is -2.33. The molecule has 20 heavy (non-hydrogen) atoms. The van der Waals surface area contributed by atoms with Crippen LogP contribution in [0.2, 0.25) is 0 Å². The van der Waals surface area contributed by atoms with Crippen molar-refractivity contribution in [1.29, 1.82) is 0 Å². The Morgan fingerprint density at radius 1 is 1.35 bits per heavy atom. The monoisotopic (exact) mass is 293 g/mol. The van der Waals surface area contributed by atoms with E-state index in [-0.39, 0.29) is 6.10 Å². The predicted molar refractivity (Wildman–Crippen MR) is 87.7 cm³/mol. The lowest BCUT2D eigenvalue weighted by molar-refractivity contribution is 0.152. The van der Waals surface area contributed by atoms with Gasteiger partial charge >= 0.3 is 0 Å². The lowest BCUT2D eigenvalue weighted by Crippen LogP contribution is -2.46. The third-order valence-electron chi connectivity index (χ3n) is 3.65. The van der Waals surface area contributed by atoms with Crippen molar-refractivity contribution >= 4 is 11.8 Å². The number of nitrogens with one attached hydrogen (secondary N) is 1. The summed E-state index contributed by atoms with van der Waals surface area (Å²) < 4.78 is 6.23. The summed E-state index contributed by atoms with van der Waals surface area (Å²) in [5, 5.41) is 3.62. The van der Waals surface area contributed by atoms with Crippen molar-refractivity contribution in [3.8, 4) is 5.75 Å². The SMILES string of the molecule is CCNC(CCC(C)(C)C)C1CSc2ccccc2O1. The molecular formula is C17H27NOS. The fourth-order valence-electron chi connectivity index (χ4n) is 2.50. The minimum atomic E-state index is 0.275. The summed E-state index contributed by atoms with van der Waals surface area (Å²) in [7, 11) is 0. The molecular weight excluding hydrogens is 266 g/mol. The van der Waals surface area contributed by atoms with Crippen LogP contribution in [-0.4, -0.2) is 24.4 Å². The van der Waals surface area contributed by atoms with Crippen LogP contribution in [0.5, 0.6) is 5.75 Å². The van der Waals surface area contributed by atoms with Gasteiger partial charge in [0.1, 0.15) is 11.9 Å². The van der Waals surface area contributed by atoms with E-state index in [0.717, 1.165) is 18.0 Å². The van der Waals surface area contributed by atoms with Gasteiger partial charge < -0.3 is 10.1 Å². The molecule has 3 heteroatoms. The topological polar surface area (TPSA) is 21.3 Å².